The predicted molar refractivity (Wildman–Crippen MR) is 157 cm³/mol. The number of benzene rings is 2. The maximum absolute atomic E-state index is 9.91. The van der Waals surface area contributed by atoms with Crippen LogP contribution < -0.4 is 10.2 Å². The van der Waals surface area contributed by atoms with Crippen LogP contribution >= 0.6 is 0 Å². The van der Waals surface area contributed by atoms with E-state index in [1.165, 1.54) is 50.6 Å². The first-order valence-electron chi connectivity index (χ1n) is 14.3. The standard InChI is InChI=1S/C32H38N6O/c1-37-22-34-32(36-37)24-11-13-28(14-12-24)38-17-5-6-23(21-38)18-27-7-2-3-10-30(27)35-31-20-26(15-16-33-31)25-8-4-9-29(39)19-25/h4,8-9,11-16,19-20,22-23,27,30,39H,2-3,5-7,10,17-18,21H2,1H3,(H,33,35)/t23-,27+,30-/m1/s1. The molecule has 1 saturated heterocycles. The fourth-order valence-corrected chi connectivity index (χ4v) is 6.46. The lowest BCUT2D eigenvalue weighted by Crippen LogP contribution is -2.39. The minimum absolute atomic E-state index is 0.286. The number of piperidine rings is 1. The summed E-state index contributed by atoms with van der Waals surface area (Å²) >= 11 is 0. The van der Waals surface area contributed by atoms with Gasteiger partial charge in [-0.05, 0) is 104 Å². The first-order valence-corrected chi connectivity index (χ1v) is 14.3. The van der Waals surface area contributed by atoms with E-state index in [1.807, 2.05) is 31.4 Å². The highest BCUT2D eigenvalue weighted by Crippen LogP contribution is 2.36. The van der Waals surface area contributed by atoms with Crippen LogP contribution in [0.2, 0.25) is 0 Å². The van der Waals surface area contributed by atoms with Gasteiger partial charge in [0.05, 0.1) is 0 Å². The van der Waals surface area contributed by atoms with E-state index < -0.39 is 0 Å². The number of nitrogens with zero attached hydrogens (tertiary/aromatic N) is 5. The van der Waals surface area contributed by atoms with Crippen molar-refractivity contribution in [3.63, 3.8) is 0 Å². The van der Waals surface area contributed by atoms with Crippen LogP contribution in [0.15, 0.2) is 73.2 Å². The molecule has 6 rings (SSSR count). The number of aromatic nitrogens is 4. The van der Waals surface area contributed by atoms with Crippen LogP contribution in [0.4, 0.5) is 11.5 Å². The summed E-state index contributed by atoms with van der Waals surface area (Å²) in [6.07, 6.45) is 12.5. The Bertz CT molecular complexity index is 1380. The van der Waals surface area contributed by atoms with E-state index in [0.29, 0.717) is 17.9 Å². The average molecular weight is 523 g/mol. The molecule has 7 heteroatoms. The number of anilines is 2. The van der Waals surface area contributed by atoms with Gasteiger partial charge in [0.2, 0.25) is 0 Å². The molecule has 2 fully saturated rings. The molecule has 2 aliphatic rings. The zero-order valence-electron chi connectivity index (χ0n) is 22.7. The van der Waals surface area contributed by atoms with Gasteiger partial charge >= 0.3 is 0 Å². The highest BCUT2D eigenvalue weighted by molar-refractivity contribution is 5.67. The normalized spacial score (nSPS) is 21.6. The molecule has 0 unspecified atom stereocenters. The summed E-state index contributed by atoms with van der Waals surface area (Å²) in [6, 6.07) is 20.7. The smallest absolute Gasteiger partial charge is 0.181 e. The monoisotopic (exact) mass is 522 g/mol. The van der Waals surface area contributed by atoms with E-state index in [4.69, 9.17) is 0 Å². The number of aromatic hydroxyl groups is 1. The van der Waals surface area contributed by atoms with E-state index in [0.717, 1.165) is 41.4 Å². The Balaban J connectivity index is 1.10. The Morgan fingerprint density at radius 2 is 1.74 bits per heavy atom. The molecule has 1 saturated carbocycles. The highest BCUT2D eigenvalue weighted by atomic mass is 16.3. The van der Waals surface area contributed by atoms with Crippen LogP contribution in [-0.4, -0.2) is 44.0 Å². The highest BCUT2D eigenvalue weighted by Gasteiger charge is 2.30. The Kier molecular flexibility index (Phi) is 7.48. The number of phenolic OH excluding ortho intramolecular Hbond substituents is 1. The molecule has 0 amide bonds. The number of phenols is 1. The summed E-state index contributed by atoms with van der Waals surface area (Å²) in [6.45, 7) is 2.24. The molecule has 0 spiro atoms. The summed E-state index contributed by atoms with van der Waals surface area (Å²) in [5.74, 6) is 3.36. The average Bonchev–Trinajstić information content (AvgIpc) is 3.41. The zero-order valence-corrected chi connectivity index (χ0v) is 22.7. The molecule has 0 bridgehead atoms. The van der Waals surface area contributed by atoms with Gasteiger partial charge in [0.1, 0.15) is 17.9 Å². The second-order valence-electron chi connectivity index (χ2n) is 11.3. The van der Waals surface area contributed by atoms with Crippen molar-refractivity contribution in [2.24, 2.45) is 18.9 Å². The van der Waals surface area contributed by atoms with E-state index in [-0.39, 0.29) is 5.75 Å². The molecule has 1 aliphatic carbocycles. The maximum atomic E-state index is 9.91. The van der Waals surface area contributed by atoms with Crippen molar-refractivity contribution in [3.8, 4) is 28.3 Å². The first-order chi connectivity index (χ1) is 19.1. The summed E-state index contributed by atoms with van der Waals surface area (Å²) < 4.78 is 1.74. The molecular formula is C32H38N6O. The molecule has 2 aromatic heterocycles. The fraction of sp³-hybridized carbons (Fsp3) is 0.406. The molecule has 1 aliphatic heterocycles. The van der Waals surface area contributed by atoms with Gasteiger partial charge in [-0.2, -0.15) is 5.10 Å². The molecule has 39 heavy (non-hydrogen) atoms. The van der Waals surface area contributed by atoms with Gasteiger partial charge in [0.15, 0.2) is 5.82 Å². The van der Waals surface area contributed by atoms with Gasteiger partial charge in [0, 0.05) is 43.6 Å². The lowest BCUT2D eigenvalue weighted by atomic mass is 9.77. The molecular weight excluding hydrogens is 484 g/mol. The lowest BCUT2D eigenvalue weighted by Gasteiger charge is -2.39. The lowest BCUT2D eigenvalue weighted by molar-refractivity contribution is 0.247. The van der Waals surface area contributed by atoms with Crippen LogP contribution in [0.25, 0.3) is 22.5 Å². The van der Waals surface area contributed by atoms with Gasteiger partial charge in [0.25, 0.3) is 0 Å². The van der Waals surface area contributed by atoms with Crippen molar-refractivity contribution >= 4 is 11.5 Å². The van der Waals surface area contributed by atoms with Crippen LogP contribution in [0.5, 0.6) is 5.75 Å². The maximum Gasteiger partial charge on any atom is 0.181 e. The molecule has 4 aromatic rings. The topological polar surface area (TPSA) is 79.1 Å². The third-order valence-corrected chi connectivity index (χ3v) is 8.43. The second-order valence-corrected chi connectivity index (χ2v) is 11.3. The van der Waals surface area contributed by atoms with Crippen LogP contribution in [0.1, 0.15) is 44.9 Å². The van der Waals surface area contributed by atoms with Crippen molar-refractivity contribution in [2.75, 3.05) is 23.3 Å². The number of rotatable bonds is 7. The van der Waals surface area contributed by atoms with Gasteiger partial charge in [-0.3, -0.25) is 4.68 Å². The predicted octanol–water partition coefficient (Wildman–Crippen LogP) is 6.53. The SMILES string of the molecule is Cn1cnc(-c2ccc(N3CCC[C@H](C[C@@H]4CCCC[C@H]4Nc4cc(-c5cccc(O)c5)ccn4)C3)cc2)n1. The summed E-state index contributed by atoms with van der Waals surface area (Å²) in [5, 5.41) is 18.1. The van der Waals surface area contributed by atoms with Gasteiger partial charge in [-0.25, -0.2) is 9.97 Å². The van der Waals surface area contributed by atoms with E-state index in [9.17, 15) is 5.11 Å². The molecule has 2 N–H and O–H groups in total. The summed E-state index contributed by atoms with van der Waals surface area (Å²) in [4.78, 5) is 11.6. The Morgan fingerprint density at radius 1 is 0.897 bits per heavy atom. The van der Waals surface area contributed by atoms with E-state index in [2.05, 4.69) is 55.6 Å². The van der Waals surface area contributed by atoms with Crippen molar-refractivity contribution in [1.82, 2.24) is 19.7 Å². The fourth-order valence-electron chi connectivity index (χ4n) is 6.46. The Hall–Kier alpha value is -3.87. The number of pyridine rings is 1. The molecule has 3 atom stereocenters. The third kappa shape index (κ3) is 6.08. The largest absolute Gasteiger partial charge is 0.508 e. The third-order valence-electron chi connectivity index (χ3n) is 8.43. The van der Waals surface area contributed by atoms with Crippen molar-refractivity contribution < 1.29 is 5.11 Å². The van der Waals surface area contributed by atoms with E-state index >= 15 is 0 Å². The Morgan fingerprint density at radius 3 is 2.56 bits per heavy atom. The molecule has 202 valence electrons. The van der Waals surface area contributed by atoms with Crippen LogP contribution in [-0.2, 0) is 7.05 Å². The molecule has 3 heterocycles. The van der Waals surface area contributed by atoms with Crippen LogP contribution in [0.3, 0.4) is 0 Å². The van der Waals surface area contributed by atoms with Gasteiger partial charge < -0.3 is 15.3 Å². The minimum Gasteiger partial charge on any atom is -0.508 e. The summed E-state index contributed by atoms with van der Waals surface area (Å²) in [7, 11) is 1.90. The van der Waals surface area contributed by atoms with E-state index in [1.54, 1.807) is 23.1 Å². The number of aryl methyl sites for hydroxylation is 1. The molecule has 0 radical (unpaired) electrons. The second kappa shape index (κ2) is 11.5. The van der Waals surface area contributed by atoms with Gasteiger partial charge in [-0.15, -0.1) is 0 Å². The number of hydrogen-bond acceptors (Lipinski definition) is 6. The Labute approximate surface area is 230 Å². The quantitative estimate of drug-likeness (QED) is 0.287. The number of nitrogens with one attached hydrogen (secondary N) is 1. The molecule has 7 nitrogen and oxygen atoms in total. The van der Waals surface area contributed by atoms with Crippen molar-refractivity contribution in [2.45, 2.75) is 51.0 Å². The zero-order chi connectivity index (χ0) is 26.6. The minimum atomic E-state index is 0.286. The summed E-state index contributed by atoms with van der Waals surface area (Å²) in [5.41, 5.74) is 4.44. The number of hydrogen-bond donors (Lipinski definition) is 2. The first kappa shape index (κ1) is 25.4. The van der Waals surface area contributed by atoms with Gasteiger partial charge in [-0.1, -0.05) is 25.0 Å². The van der Waals surface area contributed by atoms with Crippen molar-refractivity contribution in [3.05, 3.63) is 73.2 Å². The molecule has 2 aromatic carbocycles. The van der Waals surface area contributed by atoms with Crippen molar-refractivity contribution in [1.29, 1.82) is 0 Å². The van der Waals surface area contributed by atoms with Crippen LogP contribution in [0, 0.1) is 11.8 Å².